The van der Waals surface area contributed by atoms with Crippen LogP contribution in [0.4, 0.5) is 4.39 Å². The minimum absolute atomic E-state index is 0.0857. The van der Waals surface area contributed by atoms with Crippen LogP contribution in [0.25, 0.3) is 0 Å². The van der Waals surface area contributed by atoms with Gasteiger partial charge in [0.15, 0.2) is 11.6 Å². The van der Waals surface area contributed by atoms with E-state index in [1.165, 1.54) is 19.3 Å². The molecule has 1 aromatic rings. The third-order valence-corrected chi connectivity index (χ3v) is 4.96. The molecule has 0 spiro atoms. The van der Waals surface area contributed by atoms with Crippen molar-refractivity contribution < 1.29 is 9.13 Å². The van der Waals surface area contributed by atoms with Gasteiger partial charge in [-0.05, 0) is 37.6 Å². The predicted molar refractivity (Wildman–Crippen MR) is 79.5 cm³/mol. The summed E-state index contributed by atoms with van der Waals surface area (Å²) in [6, 6.07) is 5.52. The summed E-state index contributed by atoms with van der Waals surface area (Å²) in [5, 5.41) is 3.97. The molecular formula is C15H22FNOS. The molecule has 2 unspecified atom stereocenters. The molecular weight excluding hydrogens is 261 g/mol. The van der Waals surface area contributed by atoms with Gasteiger partial charge in [0.2, 0.25) is 0 Å². The van der Waals surface area contributed by atoms with Gasteiger partial charge in [-0.1, -0.05) is 19.1 Å². The molecule has 0 amide bonds. The summed E-state index contributed by atoms with van der Waals surface area (Å²) >= 11 is 1.95. The first-order chi connectivity index (χ1) is 9.27. The van der Waals surface area contributed by atoms with E-state index in [1.807, 2.05) is 23.9 Å². The lowest BCUT2D eigenvalue weighted by molar-refractivity contribution is 0.378. The zero-order chi connectivity index (χ0) is 13.7. The Bertz CT molecular complexity index is 407. The molecule has 1 aromatic carbocycles. The monoisotopic (exact) mass is 283 g/mol. The lowest BCUT2D eigenvalue weighted by Gasteiger charge is -2.25. The van der Waals surface area contributed by atoms with Crippen LogP contribution in [0.5, 0.6) is 5.75 Å². The van der Waals surface area contributed by atoms with Crippen molar-refractivity contribution >= 4 is 11.8 Å². The van der Waals surface area contributed by atoms with Crippen LogP contribution in [0.1, 0.15) is 37.8 Å². The fourth-order valence-corrected chi connectivity index (χ4v) is 3.94. The molecule has 0 bridgehead atoms. The number of hydrogen-bond donors (Lipinski definition) is 1. The maximum Gasteiger partial charge on any atom is 0.169 e. The number of benzene rings is 1. The Hall–Kier alpha value is -0.740. The molecule has 2 nitrogen and oxygen atoms in total. The molecule has 2 rings (SSSR count). The number of halogens is 1. The fraction of sp³-hybridized carbons (Fsp3) is 0.600. The average Bonchev–Trinajstić information content (AvgIpc) is 2.95. The highest BCUT2D eigenvalue weighted by atomic mass is 32.2. The Morgan fingerprint density at radius 2 is 2.37 bits per heavy atom. The number of rotatable bonds is 6. The SMILES string of the molecule is CCCNC(c1cccc(OC)c1F)C1CCCS1. The van der Waals surface area contributed by atoms with Crippen molar-refractivity contribution in [3.05, 3.63) is 29.6 Å². The quantitative estimate of drug-likeness (QED) is 0.858. The molecule has 1 saturated heterocycles. The summed E-state index contributed by atoms with van der Waals surface area (Å²) in [6.07, 6.45) is 3.44. The molecule has 0 aliphatic carbocycles. The van der Waals surface area contributed by atoms with Gasteiger partial charge in [-0.15, -0.1) is 0 Å². The van der Waals surface area contributed by atoms with Gasteiger partial charge in [0.05, 0.1) is 7.11 Å². The minimum Gasteiger partial charge on any atom is -0.494 e. The second-order valence-corrected chi connectivity index (χ2v) is 6.19. The Kier molecular flexibility index (Phi) is 5.52. The first-order valence-electron chi connectivity index (χ1n) is 6.95. The van der Waals surface area contributed by atoms with Crippen molar-refractivity contribution in [1.82, 2.24) is 5.32 Å². The minimum atomic E-state index is -0.217. The summed E-state index contributed by atoms with van der Waals surface area (Å²) < 4.78 is 19.5. The Morgan fingerprint density at radius 3 is 3.00 bits per heavy atom. The number of hydrogen-bond acceptors (Lipinski definition) is 3. The normalized spacial score (nSPS) is 20.5. The van der Waals surface area contributed by atoms with Crippen molar-refractivity contribution in [2.24, 2.45) is 0 Å². The van der Waals surface area contributed by atoms with E-state index in [0.717, 1.165) is 24.9 Å². The molecule has 0 radical (unpaired) electrons. The van der Waals surface area contributed by atoms with Crippen molar-refractivity contribution in [3.63, 3.8) is 0 Å². The molecule has 4 heteroatoms. The first kappa shape index (κ1) is 14.7. The van der Waals surface area contributed by atoms with E-state index in [9.17, 15) is 4.39 Å². The number of nitrogens with one attached hydrogen (secondary N) is 1. The number of thioether (sulfide) groups is 1. The lowest BCUT2D eigenvalue weighted by Crippen LogP contribution is -2.30. The van der Waals surface area contributed by atoms with Crippen LogP contribution in [-0.4, -0.2) is 24.7 Å². The van der Waals surface area contributed by atoms with Gasteiger partial charge in [-0.2, -0.15) is 11.8 Å². The largest absolute Gasteiger partial charge is 0.494 e. The zero-order valence-corrected chi connectivity index (χ0v) is 12.4. The van der Waals surface area contributed by atoms with E-state index in [-0.39, 0.29) is 11.9 Å². The van der Waals surface area contributed by atoms with Gasteiger partial charge in [-0.25, -0.2) is 4.39 Å². The molecule has 1 aliphatic rings. The summed E-state index contributed by atoms with van der Waals surface area (Å²) in [5.41, 5.74) is 0.743. The van der Waals surface area contributed by atoms with Gasteiger partial charge in [0, 0.05) is 16.9 Å². The topological polar surface area (TPSA) is 21.3 Å². The third kappa shape index (κ3) is 3.42. The van der Waals surface area contributed by atoms with Crippen LogP contribution in [0.3, 0.4) is 0 Å². The molecule has 2 atom stereocenters. The van der Waals surface area contributed by atoms with E-state index < -0.39 is 0 Å². The summed E-state index contributed by atoms with van der Waals surface area (Å²) in [6.45, 7) is 3.05. The average molecular weight is 283 g/mol. The standard InChI is InChI=1S/C15H22FNOS/c1-3-9-17-15(13-8-5-10-19-13)11-6-4-7-12(18-2)14(11)16/h4,6-7,13,15,17H,3,5,8-10H2,1-2H3. The zero-order valence-electron chi connectivity index (χ0n) is 11.6. The Morgan fingerprint density at radius 1 is 1.53 bits per heavy atom. The summed E-state index contributed by atoms with van der Waals surface area (Å²) in [5.74, 6) is 1.30. The molecule has 1 fully saturated rings. The van der Waals surface area contributed by atoms with Crippen LogP contribution in [0.15, 0.2) is 18.2 Å². The van der Waals surface area contributed by atoms with E-state index >= 15 is 0 Å². The molecule has 1 N–H and O–H groups in total. The van der Waals surface area contributed by atoms with Crippen LogP contribution in [0.2, 0.25) is 0 Å². The molecule has 19 heavy (non-hydrogen) atoms. The second kappa shape index (κ2) is 7.15. The highest BCUT2D eigenvalue weighted by Gasteiger charge is 2.29. The van der Waals surface area contributed by atoms with Crippen molar-refractivity contribution in [3.8, 4) is 5.75 Å². The molecule has 106 valence electrons. The lowest BCUT2D eigenvalue weighted by atomic mass is 9.99. The first-order valence-corrected chi connectivity index (χ1v) is 8.00. The van der Waals surface area contributed by atoms with Crippen LogP contribution < -0.4 is 10.1 Å². The van der Waals surface area contributed by atoms with Gasteiger partial charge in [0.25, 0.3) is 0 Å². The number of methoxy groups -OCH3 is 1. The molecule has 0 aromatic heterocycles. The Balaban J connectivity index is 2.25. The van der Waals surface area contributed by atoms with Crippen LogP contribution in [0, 0.1) is 5.82 Å². The maximum atomic E-state index is 14.4. The molecule has 1 aliphatic heterocycles. The van der Waals surface area contributed by atoms with Gasteiger partial charge < -0.3 is 10.1 Å². The third-order valence-electron chi connectivity index (χ3n) is 3.50. The Labute approximate surface area is 119 Å². The second-order valence-electron chi connectivity index (χ2n) is 4.85. The van der Waals surface area contributed by atoms with Crippen LogP contribution in [-0.2, 0) is 0 Å². The van der Waals surface area contributed by atoms with E-state index in [1.54, 1.807) is 6.07 Å². The summed E-state index contributed by atoms with van der Waals surface area (Å²) in [7, 11) is 1.51. The van der Waals surface area contributed by atoms with E-state index in [2.05, 4.69) is 12.2 Å². The van der Waals surface area contributed by atoms with E-state index in [0.29, 0.717) is 11.0 Å². The summed E-state index contributed by atoms with van der Waals surface area (Å²) in [4.78, 5) is 0. The smallest absolute Gasteiger partial charge is 0.169 e. The van der Waals surface area contributed by atoms with Crippen molar-refractivity contribution in [2.75, 3.05) is 19.4 Å². The predicted octanol–water partition coefficient (Wildman–Crippen LogP) is 3.77. The fourth-order valence-electron chi connectivity index (χ4n) is 2.53. The van der Waals surface area contributed by atoms with Crippen molar-refractivity contribution in [2.45, 2.75) is 37.5 Å². The molecule has 1 heterocycles. The maximum absolute atomic E-state index is 14.4. The van der Waals surface area contributed by atoms with E-state index in [4.69, 9.17) is 4.74 Å². The highest BCUT2D eigenvalue weighted by Crippen LogP contribution is 2.38. The number of ether oxygens (including phenoxy) is 1. The van der Waals surface area contributed by atoms with Gasteiger partial charge >= 0.3 is 0 Å². The molecule has 0 saturated carbocycles. The van der Waals surface area contributed by atoms with Gasteiger partial charge in [0.1, 0.15) is 0 Å². The van der Waals surface area contributed by atoms with Crippen LogP contribution >= 0.6 is 11.8 Å². The highest BCUT2D eigenvalue weighted by molar-refractivity contribution is 8.00. The van der Waals surface area contributed by atoms with Gasteiger partial charge in [-0.3, -0.25) is 0 Å². The van der Waals surface area contributed by atoms with Crippen molar-refractivity contribution in [1.29, 1.82) is 0 Å².